The maximum atomic E-state index is 12.1. The number of hydrogen-bond donors (Lipinski definition) is 1. The van der Waals surface area contributed by atoms with Crippen molar-refractivity contribution in [2.45, 2.75) is 37.6 Å². The maximum Gasteiger partial charge on any atom is 0.335 e. The molecule has 0 unspecified atom stereocenters. The van der Waals surface area contributed by atoms with Crippen molar-refractivity contribution >= 4 is 23.8 Å². The molecule has 8 nitrogen and oxygen atoms in total. The quantitative estimate of drug-likeness (QED) is 0.445. The normalized spacial score (nSPS) is 20.4. The lowest BCUT2D eigenvalue weighted by Gasteiger charge is -2.31. The van der Waals surface area contributed by atoms with Crippen LogP contribution in [-0.2, 0) is 14.4 Å². The molecule has 1 aliphatic heterocycles. The lowest BCUT2D eigenvalue weighted by Crippen LogP contribution is -2.52. The number of nitrogens with zero attached hydrogens (tertiary/aromatic N) is 3. The Bertz CT molecular complexity index is 601. The lowest BCUT2D eigenvalue weighted by molar-refractivity contribution is -0.143. The molecule has 0 aromatic rings. The minimum atomic E-state index is -1.04. The number of carbonyl (C=O) groups excluding carboxylic acids is 4. The number of urea groups is 1. The highest BCUT2D eigenvalue weighted by Crippen LogP contribution is 2.27. The molecule has 1 aliphatic carbocycles. The molecule has 2 fully saturated rings. The number of nitriles is 1. The van der Waals surface area contributed by atoms with Crippen molar-refractivity contribution in [1.82, 2.24) is 15.1 Å². The lowest BCUT2D eigenvalue weighted by atomic mass is 9.83. The second kappa shape index (κ2) is 6.60. The number of hydrogen-bond acceptors (Lipinski definition) is 5. The summed E-state index contributed by atoms with van der Waals surface area (Å²) < 4.78 is 0. The Balaban J connectivity index is 2.04. The predicted octanol–water partition coefficient (Wildman–Crippen LogP) is 0.306. The summed E-state index contributed by atoms with van der Waals surface area (Å²) in [6.45, 7) is 2.75. The molecule has 1 saturated heterocycles. The number of nitrogens with one attached hydrogen (secondary N) is 1. The van der Waals surface area contributed by atoms with Gasteiger partial charge in [0.05, 0.1) is 6.07 Å². The van der Waals surface area contributed by atoms with E-state index in [0.717, 1.165) is 24.2 Å². The molecule has 1 heterocycles. The Hall–Kier alpha value is -2.69. The average molecular weight is 318 g/mol. The van der Waals surface area contributed by atoms with Gasteiger partial charge in [-0.05, 0) is 12.8 Å². The monoisotopic (exact) mass is 318 g/mol. The van der Waals surface area contributed by atoms with Gasteiger partial charge < -0.3 is 5.32 Å². The zero-order chi connectivity index (χ0) is 17.0. The van der Waals surface area contributed by atoms with E-state index in [0.29, 0.717) is 17.7 Å². The van der Waals surface area contributed by atoms with Gasteiger partial charge in [-0.1, -0.05) is 25.3 Å². The summed E-state index contributed by atoms with van der Waals surface area (Å²) in [7, 11) is 0. The van der Waals surface area contributed by atoms with Gasteiger partial charge >= 0.3 is 17.8 Å². The number of rotatable bonds is 5. The second-order valence-electron chi connectivity index (χ2n) is 5.68. The fourth-order valence-corrected chi connectivity index (χ4v) is 2.85. The van der Waals surface area contributed by atoms with Gasteiger partial charge in [0.15, 0.2) is 0 Å². The largest absolute Gasteiger partial charge is 0.336 e. The van der Waals surface area contributed by atoms with E-state index in [-0.39, 0.29) is 6.54 Å². The Morgan fingerprint density at radius 2 is 1.83 bits per heavy atom. The number of imide groups is 2. The Morgan fingerprint density at radius 3 is 2.39 bits per heavy atom. The molecule has 0 radical (unpaired) electrons. The third kappa shape index (κ3) is 3.23. The van der Waals surface area contributed by atoms with Crippen molar-refractivity contribution in [2.24, 2.45) is 0 Å². The van der Waals surface area contributed by atoms with Gasteiger partial charge in [-0.15, -0.1) is 6.58 Å². The molecule has 1 saturated carbocycles. The van der Waals surface area contributed by atoms with Crippen molar-refractivity contribution in [3.8, 4) is 6.07 Å². The van der Waals surface area contributed by atoms with Gasteiger partial charge in [-0.2, -0.15) is 5.26 Å². The molecule has 122 valence electrons. The van der Waals surface area contributed by atoms with Crippen LogP contribution in [0.4, 0.5) is 4.79 Å². The SMILES string of the molecule is C=CCN1C(=O)C(=O)N(CC(=O)NC2(C#N)CCCCC2)C1=O. The topological polar surface area (TPSA) is 111 Å². The Labute approximate surface area is 133 Å². The summed E-state index contributed by atoms with van der Waals surface area (Å²) in [5.74, 6) is -2.64. The molecule has 5 amide bonds. The fraction of sp³-hybridized carbons (Fsp3) is 0.533. The molecule has 23 heavy (non-hydrogen) atoms. The molecule has 0 aromatic heterocycles. The molecule has 2 aliphatic rings. The van der Waals surface area contributed by atoms with E-state index in [1.54, 1.807) is 0 Å². The average Bonchev–Trinajstić information content (AvgIpc) is 2.74. The van der Waals surface area contributed by atoms with Crippen LogP contribution < -0.4 is 5.32 Å². The van der Waals surface area contributed by atoms with Gasteiger partial charge in [0, 0.05) is 6.54 Å². The highest BCUT2D eigenvalue weighted by atomic mass is 16.2. The zero-order valence-corrected chi connectivity index (χ0v) is 12.7. The molecule has 2 rings (SSSR count). The first-order chi connectivity index (χ1) is 10.9. The van der Waals surface area contributed by atoms with Gasteiger partial charge in [0.1, 0.15) is 12.1 Å². The number of carbonyl (C=O) groups is 4. The van der Waals surface area contributed by atoms with E-state index >= 15 is 0 Å². The first kappa shape index (κ1) is 16.7. The van der Waals surface area contributed by atoms with Crippen molar-refractivity contribution < 1.29 is 19.2 Å². The maximum absolute atomic E-state index is 12.1. The fourth-order valence-electron chi connectivity index (χ4n) is 2.85. The van der Waals surface area contributed by atoms with Crippen LogP contribution in [0.15, 0.2) is 12.7 Å². The third-order valence-electron chi connectivity index (χ3n) is 4.05. The summed E-state index contributed by atoms with van der Waals surface area (Å²) >= 11 is 0. The molecule has 0 aromatic carbocycles. The van der Waals surface area contributed by atoms with Crippen LogP contribution in [0.5, 0.6) is 0 Å². The molecule has 0 spiro atoms. The summed E-state index contributed by atoms with van der Waals surface area (Å²) in [5.41, 5.74) is -0.952. The van der Waals surface area contributed by atoms with Gasteiger partial charge in [0.25, 0.3) is 0 Å². The van der Waals surface area contributed by atoms with Crippen LogP contribution in [0.1, 0.15) is 32.1 Å². The van der Waals surface area contributed by atoms with E-state index in [9.17, 15) is 24.4 Å². The molecule has 1 N–H and O–H groups in total. The molecular formula is C15H18N4O4. The van der Waals surface area contributed by atoms with Crippen LogP contribution in [0.25, 0.3) is 0 Å². The minimum Gasteiger partial charge on any atom is -0.336 e. The van der Waals surface area contributed by atoms with Crippen molar-refractivity contribution in [2.75, 3.05) is 13.1 Å². The smallest absolute Gasteiger partial charge is 0.335 e. The molecule has 8 heteroatoms. The molecule has 0 bridgehead atoms. The van der Waals surface area contributed by atoms with Crippen molar-refractivity contribution in [3.63, 3.8) is 0 Å². The summed E-state index contributed by atoms with van der Waals surface area (Å²) in [5, 5.41) is 11.9. The van der Waals surface area contributed by atoms with Crippen LogP contribution in [-0.4, -0.2) is 52.2 Å². The van der Waals surface area contributed by atoms with Crippen LogP contribution in [0.2, 0.25) is 0 Å². The second-order valence-corrected chi connectivity index (χ2v) is 5.68. The van der Waals surface area contributed by atoms with Crippen molar-refractivity contribution in [1.29, 1.82) is 5.26 Å². The van der Waals surface area contributed by atoms with Gasteiger partial charge in [-0.25, -0.2) is 9.69 Å². The number of amides is 5. The van der Waals surface area contributed by atoms with Gasteiger partial charge in [0.2, 0.25) is 5.91 Å². The molecular weight excluding hydrogens is 300 g/mol. The Morgan fingerprint density at radius 1 is 1.22 bits per heavy atom. The first-order valence-corrected chi connectivity index (χ1v) is 7.44. The van der Waals surface area contributed by atoms with Crippen LogP contribution in [0, 0.1) is 11.3 Å². The van der Waals surface area contributed by atoms with Gasteiger partial charge in [-0.3, -0.25) is 19.3 Å². The molecule has 0 atom stereocenters. The zero-order valence-electron chi connectivity index (χ0n) is 12.7. The van der Waals surface area contributed by atoms with Crippen molar-refractivity contribution in [3.05, 3.63) is 12.7 Å². The van der Waals surface area contributed by atoms with E-state index in [2.05, 4.69) is 18.0 Å². The standard InChI is InChI=1S/C15H18N4O4/c1-2-8-18-12(21)13(22)19(14(18)23)9-11(20)17-15(10-16)6-4-3-5-7-15/h2H,1,3-9H2,(H,17,20). The Kier molecular flexibility index (Phi) is 4.79. The first-order valence-electron chi connectivity index (χ1n) is 7.44. The van der Waals surface area contributed by atoms with Crippen LogP contribution in [0.3, 0.4) is 0 Å². The van der Waals surface area contributed by atoms with E-state index < -0.39 is 35.8 Å². The summed E-state index contributed by atoms with van der Waals surface area (Å²) in [6, 6.07) is 1.28. The summed E-state index contributed by atoms with van der Waals surface area (Å²) in [4.78, 5) is 49.0. The minimum absolute atomic E-state index is 0.0936. The van der Waals surface area contributed by atoms with Crippen LogP contribution >= 0.6 is 0 Å². The highest BCUT2D eigenvalue weighted by Gasteiger charge is 2.45. The predicted molar refractivity (Wildman–Crippen MR) is 78.6 cm³/mol. The highest BCUT2D eigenvalue weighted by molar-refractivity contribution is 6.45. The van der Waals surface area contributed by atoms with E-state index in [1.807, 2.05) is 0 Å². The summed E-state index contributed by atoms with van der Waals surface area (Å²) in [6.07, 6.45) is 5.08. The van der Waals surface area contributed by atoms with E-state index in [4.69, 9.17) is 0 Å². The van der Waals surface area contributed by atoms with E-state index in [1.165, 1.54) is 6.08 Å². The third-order valence-corrected chi connectivity index (χ3v) is 4.05.